The Labute approximate surface area is 154 Å². The van der Waals surface area contributed by atoms with Gasteiger partial charge in [0, 0.05) is 28.5 Å². The number of halogens is 1. The van der Waals surface area contributed by atoms with Gasteiger partial charge in [-0.05, 0) is 55.3 Å². The van der Waals surface area contributed by atoms with Gasteiger partial charge in [-0.25, -0.2) is 4.98 Å². The third-order valence-corrected chi connectivity index (χ3v) is 4.63. The van der Waals surface area contributed by atoms with E-state index in [1.165, 1.54) is 5.56 Å². The Morgan fingerprint density at radius 1 is 1.16 bits per heavy atom. The number of aryl methyl sites for hydroxylation is 1. The summed E-state index contributed by atoms with van der Waals surface area (Å²) in [5.74, 6) is 2.62. The van der Waals surface area contributed by atoms with Gasteiger partial charge in [-0.3, -0.25) is 9.98 Å². The predicted molar refractivity (Wildman–Crippen MR) is 101 cm³/mol. The van der Waals surface area contributed by atoms with E-state index in [0.717, 1.165) is 28.2 Å². The number of hydrogen-bond acceptors (Lipinski definition) is 5. The summed E-state index contributed by atoms with van der Waals surface area (Å²) in [6, 6.07) is 12.1. The van der Waals surface area contributed by atoms with Crippen molar-refractivity contribution in [3.05, 3.63) is 70.5 Å². The second kappa shape index (κ2) is 6.76. The number of fused-ring (bicyclic) bond motifs is 1. The lowest BCUT2D eigenvalue weighted by Gasteiger charge is -2.22. The van der Waals surface area contributed by atoms with E-state index in [0.29, 0.717) is 12.5 Å². The second-order valence-corrected chi connectivity index (χ2v) is 6.90. The number of nitrogens with zero attached hydrogens (tertiary/aromatic N) is 5. The largest absolute Gasteiger partial charge is 0.324 e. The molecule has 1 aromatic carbocycles. The Bertz CT molecular complexity index is 901. The minimum absolute atomic E-state index is 0.207. The highest BCUT2D eigenvalue weighted by Crippen LogP contribution is 2.24. The fourth-order valence-electron chi connectivity index (χ4n) is 2.91. The fourth-order valence-corrected chi connectivity index (χ4v) is 3.18. The van der Waals surface area contributed by atoms with Crippen LogP contribution >= 0.6 is 15.9 Å². The first-order valence-electron chi connectivity index (χ1n) is 8.09. The molecule has 25 heavy (non-hydrogen) atoms. The average Bonchev–Trinajstić information content (AvgIpc) is 3.02. The van der Waals surface area contributed by atoms with Crippen molar-refractivity contribution in [3.63, 3.8) is 0 Å². The molecule has 4 rings (SSSR count). The summed E-state index contributed by atoms with van der Waals surface area (Å²) in [7, 11) is 0. The molecule has 1 atom stereocenters. The van der Waals surface area contributed by atoms with Gasteiger partial charge in [0.15, 0.2) is 0 Å². The Balaban J connectivity index is 1.60. The van der Waals surface area contributed by atoms with Gasteiger partial charge in [0.25, 0.3) is 0 Å². The van der Waals surface area contributed by atoms with E-state index >= 15 is 0 Å². The standard InChI is InChI=1S/C18H17BrN6/c1-12-22-17-14(10-13-6-8-20-9-7-13)11-21-18(25(17)24-12)23-16-4-2-15(19)3-5-16/h2-9,14H,10-11H2,1H3,(H,21,23)/t14-/m0/s1. The van der Waals surface area contributed by atoms with Gasteiger partial charge < -0.3 is 5.32 Å². The van der Waals surface area contributed by atoms with Gasteiger partial charge in [-0.2, -0.15) is 4.68 Å². The van der Waals surface area contributed by atoms with E-state index in [2.05, 4.69) is 36.3 Å². The predicted octanol–water partition coefficient (Wildman–Crippen LogP) is 3.40. The van der Waals surface area contributed by atoms with Crippen molar-refractivity contribution in [2.45, 2.75) is 19.3 Å². The molecule has 1 aliphatic rings. The Kier molecular flexibility index (Phi) is 4.31. The number of aliphatic imine (C=N–C) groups is 1. The van der Waals surface area contributed by atoms with E-state index in [-0.39, 0.29) is 5.92 Å². The maximum Gasteiger partial charge on any atom is 0.225 e. The van der Waals surface area contributed by atoms with Crippen LogP contribution in [0.3, 0.4) is 0 Å². The zero-order valence-electron chi connectivity index (χ0n) is 13.7. The van der Waals surface area contributed by atoms with Gasteiger partial charge in [-0.1, -0.05) is 15.9 Å². The molecular weight excluding hydrogens is 380 g/mol. The Morgan fingerprint density at radius 2 is 1.92 bits per heavy atom. The number of anilines is 1. The first-order valence-corrected chi connectivity index (χ1v) is 8.88. The van der Waals surface area contributed by atoms with Gasteiger partial charge in [0.2, 0.25) is 5.96 Å². The molecule has 0 spiro atoms. The number of aromatic nitrogens is 4. The number of pyridine rings is 1. The lowest BCUT2D eigenvalue weighted by atomic mass is 9.98. The number of hydrogen-bond donors (Lipinski definition) is 1. The molecule has 0 saturated heterocycles. The van der Waals surface area contributed by atoms with Crippen molar-refractivity contribution in [3.8, 4) is 0 Å². The van der Waals surface area contributed by atoms with Crippen LogP contribution in [0.2, 0.25) is 0 Å². The molecular formula is C18H17BrN6. The molecule has 0 radical (unpaired) electrons. The van der Waals surface area contributed by atoms with Crippen LogP contribution in [0.5, 0.6) is 0 Å². The molecule has 0 aliphatic carbocycles. The molecule has 7 heteroatoms. The SMILES string of the molecule is Cc1nc2n(n1)C(Nc1ccc(Br)cc1)=NC[C@@H]2Cc1ccncc1. The zero-order valence-corrected chi connectivity index (χ0v) is 15.3. The maximum absolute atomic E-state index is 4.72. The smallest absolute Gasteiger partial charge is 0.225 e. The quantitative estimate of drug-likeness (QED) is 0.736. The van der Waals surface area contributed by atoms with Gasteiger partial charge in [0.05, 0.1) is 6.54 Å². The van der Waals surface area contributed by atoms with Crippen molar-refractivity contribution in [1.82, 2.24) is 19.7 Å². The maximum atomic E-state index is 4.72. The minimum Gasteiger partial charge on any atom is -0.324 e. The molecule has 6 nitrogen and oxygen atoms in total. The molecule has 0 unspecified atom stereocenters. The highest BCUT2D eigenvalue weighted by atomic mass is 79.9. The van der Waals surface area contributed by atoms with E-state index in [1.807, 2.05) is 60.4 Å². The van der Waals surface area contributed by atoms with Crippen LogP contribution in [0.4, 0.5) is 5.69 Å². The van der Waals surface area contributed by atoms with Crippen LogP contribution in [0, 0.1) is 6.92 Å². The monoisotopic (exact) mass is 396 g/mol. The average molecular weight is 397 g/mol. The number of benzene rings is 1. The summed E-state index contributed by atoms with van der Waals surface area (Å²) in [5, 5.41) is 7.87. The molecule has 0 bridgehead atoms. The zero-order chi connectivity index (χ0) is 17.2. The molecule has 2 aromatic heterocycles. The van der Waals surface area contributed by atoms with E-state index in [1.54, 1.807) is 0 Å². The molecule has 3 heterocycles. The van der Waals surface area contributed by atoms with Crippen LogP contribution in [0.1, 0.15) is 23.1 Å². The van der Waals surface area contributed by atoms with Crippen LogP contribution in [-0.2, 0) is 6.42 Å². The first kappa shape index (κ1) is 16.0. The molecule has 126 valence electrons. The van der Waals surface area contributed by atoms with Crippen molar-refractivity contribution < 1.29 is 0 Å². The highest BCUT2D eigenvalue weighted by molar-refractivity contribution is 9.10. The van der Waals surface area contributed by atoms with Crippen molar-refractivity contribution in [2.75, 3.05) is 11.9 Å². The lowest BCUT2D eigenvalue weighted by molar-refractivity contribution is 0.605. The minimum atomic E-state index is 0.207. The lowest BCUT2D eigenvalue weighted by Crippen LogP contribution is -2.32. The van der Waals surface area contributed by atoms with Gasteiger partial charge in [-0.15, -0.1) is 5.10 Å². The van der Waals surface area contributed by atoms with Crippen LogP contribution in [-0.4, -0.2) is 32.3 Å². The summed E-state index contributed by atoms with van der Waals surface area (Å²) in [4.78, 5) is 13.4. The third-order valence-electron chi connectivity index (χ3n) is 4.10. The summed E-state index contributed by atoms with van der Waals surface area (Å²) < 4.78 is 2.87. The van der Waals surface area contributed by atoms with Gasteiger partial charge in [0.1, 0.15) is 11.6 Å². The van der Waals surface area contributed by atoms with Gasteiger partial charge >= 0.3 is 0 Å². The highest BCUT2D eigenvalue weighted by Gasteiger charge is 2.26. The van der Waals surface area contributed by atoms with Crippen molar-refractivity contribution in [2.24, 2.45) is 4.99 Å². The molecule has 3 aromatic rings. The Hall–Kier alpha value is -2.54. The summed E-state index contributed by atoms with van der Waals surface area (Å²) in [6.45, 7) is 2.59. The molecule has 0 fully saturated rings. The summed E-state index contributed by atoms with van der Waals surface area (Å²) in [5.41, 5.74) is 2.19. The van der Waals surface area contributed by atoms with Crippen LogP contribution in [0.15, 0.2) is 58.3 Å². The van der Waals surface area contributed by atoms with E-state index in [4.69, 9.17) is 4.99 Å². The molecule has 1 N–H and O–H groups in total. The van der Waals surface area contributed by atoms with E-state index < -0.39 is 0 Å². The summed E-state index contributed by atoms with van der Waals surface area (Å²) >= 11 is 3.45. The number of nitrogens with one attached hydrogen (secondary N) is 1. The normalized spacial score (nSPS) is 16.2. The molecule has 0 saturated carbocycles. The topological polar surface area (TPSA) is 68.0 Å². The van der Waals surface area contributed by atoms with Crippen molar-refractivity contribution >= 4 is 27.6 Å². The second-order valence-electron chi connectivity index (χ2n) is 5.98. The molecule has 0 amide bonds. The van der Waals surface area contributed by atoms with Crippen molar-refractivity contribution in [1.29, 1.82) is 0 Å². The Morgan fingerprint density at radius 3 is 2.68 bits per heavy atom. The summed E-state index contributed by atoms with van der Waals surface area (Å²) in [6.07, 6.45) is 4.51. The first-order chi connectivity index (χ1) is 12.2. The third kappa shape index (κ3) is 3.46. The number of rotatable bonds is 3. The van der Waals surface area contributed by atoms with Crippen LogP contribution < -0.4 is 5.32 Å². The van der Waals surface area contributed by atoms with E-state index in [9.17, 15) is 0 Å². The fraction of sp³-hybridized carbons (Fsp3) is 0.222. The van der Waals surface area contributed by atoms with Crippen LogP contribution in [0.25, 0.3) is 0 Å². The molecule has 1 aliphatic heterocycles.